The van der Waals surface area contributed by atoms with Crippen LogP contribution in [-0.2, 0) is 9.59 Å². The second-order valence-electron chi connectivity index (χ2n) is 3.50. The molecule has 78 valence electrons. The summed E-state index contributed by atoms with van der Waals surface area (Å²) < 4.78 is 0. The maximum absolute atomic E-state index is 11.7. The largest absolute Gasteiger partial charge is 0.478 e. The molecule has 0 bridgehead atoms. The number of carbonyl (C=O) groups is 2. The number of carbonyl (C=O) groups excluding carboxylic acids is 1. The number of hydrogen-bond acceptors (Lipinski definition) is 4. The van der Waals surface area contributed by atoms with Crippen molar-refractivity contribution >= 4 is 18.0 Å². The average molecular weight is 206 g/mol. The van der Waals surface area contributed by atoms with Gasteiger partial charge in [0.25, 0.3) is 0 Å². The van der Waals surface area contributed by atoms with Gasteiger partial charge in [-0.3, -0.25) is 9.79 Å². The third-order valence-electron chi connectivity index (χ3n) is 2.53. The summed E-state index contributed by atoms with van der Waals surface area (Å²) in [5.41, 5.74) is -0.203. The molecule has 5 nitrogen and oxygen atoms in total. The zero-order chi connectivity index (χ0) is 11.0. The Hall–Kier alpha value is -1.91. The van der Waals surface area contributed by atoms with E-state index in [2.05, 4.69) is 4.99 Å². The predicted molar refractivity (Wildman–Crippen MR) is 53.7 cm³/mol. The summed E-state index contributed by atoms with van der Waals surface area (Å²) in [7, 11) is 1.73. The number of aliphatic imine (C=N–C) groups is 1. The molecule has 2 aliphatic heterocycles. The van der Waals surface area contributed by atoms with Gasteiger partial charge < -0.3 is 10.0 Å². The van der Waals surface area contributed by atoms with Gasteiger partial charge in [0.15, 0.2) is 5.78 Å². The number of dihydropyridines is 1. The van der Waals surface area contributed by atoms with Gasteiger partial charge in [0.2, 0.25) is 0 Å². The molecule has 5 heteroatoms. The topological polar surface area (TPSA) is 70.0 Å². The van der Waals surface area contributed by atoms with Crippen LogP contribution >= 0.6 is 0 Å². The molecule has 2 heterocycles. The quantitative estimate of drug-likeness (QED) is 0.605. The molecule has 0 aromatic carbocycles. The van der Waals surface area contributed by atoms with E-state index in [1.165, 1.54) is 12.4 Å². The van der Waals surface area contributed by atoms with Crippen molar-refractivity contribution in [2.24, 2.45) is 4.99 Å². The molecule has 0 saturated carbocycles. The predicted octanol–water partition coefficient (Wildman–Crippen LogP) is -0.153. The van der Waals surface area contributed by atoms with Crippen molar-refractivity contribution < 1.29 is 14.7 Å². The Morgan fingerprint density at radius 1 is 1.60 bits per heavy atom. The van der Waals surface area contributed by atoms with Crippen molar-refractivity contribution in [1.82, 2.24) is 4.90 Å². The van der Waals surface area contributed by atoms with Crippen LogP contribution in [-0.4, -0.2) is 47.1 Å². The van der Waals surface area contributed by atoms with E-state index in [0.29, 0.717) is 0 Å². The molecule has 0 saturated heterocycles. The Balaban J connectivity index is 2.41. The lowest BCUT2D eigenvalue weighted by molar-refractivity contribution is -0.135. The van der Waals surface area contributed by atoms with E-state index in [1.807, 2.05) is 6.08 Å². The minimum Gasteiger partial charge on any atom is -0.478 e. The number of hydrogen-bond donors (Lipinski definition) is 1. The zero-order valence-electron chi connectivity index (χ0n) is 8.12. The fraction of sp³-hybridized carbons (Fsp3) is 0.300. The minimum absolute atomic E-state index is 0.161. The Morgan fingerprint density at radius 2 is 2.33 bits per heavy atom. The van der Waals surface area contributed by atoms with Crippen LogP contribution in [0.2, 0.25) is 0 Å². The van der Waals surface area contributed by atoms with Crippen molar-refractivity contribution in [3.05, 3.63) is 23.9 Å². The number of fused-ring (bicyclic) bond motifs is 1. The highest BCUT2D eigenvalue weighted by Crippen LogP contribution is 2.22. The van der Waals surface area contributed by atoms with Gasteiger partial charge in [0.05, 0.1) is 6.04 Å². The highest BCUT2D eigenvalue weighted by Gasteiger charge is 2.38. The Morgan fingerprint density at radius 3 is 3.00 bits per heavy atom. The summed E-state index contributed by atoms with van der Waals surface area (Å²) in [6, 6.07) is -0.776. The summed E-state index contributed by atoms with van der Waals surface area (Å²) in [4.78, 5) is 28.2. The third kappa shape index (κ3) is 1.45. The number of likely N-dealkylation sites (N-methyl/N-ethyl adjacent to an activating group) is 1. The third-order valence-corrected chi connectivity index (χ3v) is 2.53. The first kappa shape index (κ1) is 9.64. The van der Waals surface area contributed by atoms with Gasteiger partial charge in [-0.1, -0.05) is 6.08 Å². The van der Waals surface area contributed by atoms with Crippen LogP contribution in [0.4, 0.5) is 0 Å². The van der Waals surface area contributed by atoms with Crippen LogP contribution in [0.25, 0.3) is 0 Å². The summed E-state index contributed by atoms with van der Waals surface area (Å²) >= 11 is 0. The minimum atomic E-state index is -1.20. The van der Waals surface area contributed by atoms with E-state index >= 15 is 0 Å². The van der Waals surface area contributed by atoms with Crippen molar-refractivity contribution in [1.29, 1.82) is 0 Å². The number of rotatable bonds is 1. The van der Waals surface area contributed by atoms with Crippen molar-refractivity contribution in [2.75, 3.05) is 7.05 Å². The molecule has 2 atom stereocenters. The fourth-order valence-electron chi connectivity index (χ4n) is 1.75. The molecule has 0 amide bonds. The van der Waals surface area contributed by atoms with E-state index in [9.17, 15) is 9.59 Å². The second kappa shape index (κ2) is 3.34. The van der Waals surface area contributed by atoms with E-state index in [1.54, 1.807) is 18.0 Å². The number of ketones is 1. The molecule has 1 N–H and O–H groups in total. The highest BCUT2D eigenvalue weighted by atomic mass is 16.4. The first-order valence-corrected chi connectivity index (χ1v) is 4.52. The normalized spacial score (nSPS) is 28.7. The van der Waals surface area contributed by atoms with E-state index < -0.39 is 17.8 Å². The van der Waals surface area contributed by atoms with Crippen molar-refractivity contribution in [3.8, 4) is 0 Å². The van der Waals surface area contributed by atoms with Gasteiger partial charge >= 0.3 is 5.97 Å². The van der Waals surface area contributed by atoms with Crippen molar-refractivity contribution in [2.45, 2.75) is 12.1 Å². The lowest BCUT2D eigenvalue weighted by Gasteiger charge is -2.34. The summed E-state index contributed by atoms with van der Waals surface area (Å²) in [6.45, 7) is 0. The van der Waals surface area contributed by atoms with Crippen LogP contribution in [0.15, 0.2) is 28.9 Å². The Bertz CT molecular complexity index is 409. The molecule has 2 aliphatic rings. The van der Waals surface area contributed by atoms with Gasteiger partial charge in [0.1, 0.15) is 11.6 Å². The smallest absolute Gasteiger partial charge is 0.340 e. The molecule has 0 aromatic heterocycles. The molecule has 2 rings (SSSR count). The Labute approximate surface area is 86.4 Å². The fourth-order valence-corrected chi connectivity index (χ4v) is 1.75. The molecule has 0 fully saturated rings. The average Bonchev–Trinajstić information content (AvgIpc) is 2.23. The number of carboxylic acids is 1. The lowest BCUT2D eigenvalue weighted by Crippen LogP contribution is -2.47. The summed E-state index contributed by atoms with van der Waals surface area (Å²) in [5, 5.41) is 8.83. The summed E-state index contributed by atoms with van der Waals surface area (Å²) in [6.07, 6.45) is 6.48. The van der Waals surface area contributed by atoms with Gasteiger partial charge in [-0.05, 0) is 6.08 Å². The first-order valence-electron chi connectivity index (χ1n) is 4.52. The highest BCUT2D eigenvalue weighted by molar-refractivity contribution is 6.19. The number of nitrogens with zero attached hydrogens (tertiary/aromatic N) is 2. The van der Waals surface area contributed by atoms with Crippen LogP contribution in [0.1, 0.15) is 0 Å². The molecule has 0 spiro atoms. The van der Waals surface area contributed by atoms with Crippen LogP contribution in [0, 0.1) is 0 Å². The lowest BCUT2D eigenvalue weighted by atomic mass is 9.92. The SMILES string of the molecule is CN1C=C(C(=O)O)C(=O)C2N=CC=CC21. The maximum atomic E-state index is 11.7. The van der Waals surface area contributed by atoms with Crippen LogP contribution in [0.5, 0.6) is 0 Å². The zero-order valence-corrected chi connectivity index (χ0v) is 8.12. The van der Waals surface area contributed by atoms with Gasteiger partial charge in [-0.15, -0.1) is 0 Å². The van der Waals surface area contributed by atoms with Gasteiger partial charge in [-0.25, -0.2) is 4.79 Å². The molecular formula is C10H10N2O3. The molecule has 0 aromatic rings. The molecule has 0 aliphatic carbocycles. The monoisotopic (exact) mass is 206 g/mol. The van der Waals surface area contributed by atoms with E-state index in [4.69, 9.17) is 5.11 Å². The molecule has 0 radical (unpaired) electrons. The number of aliphatic carboxylic acids is 1. The number of Topliss-reactive ketones (excluding diaryl/α,β-unsaturated/α-hetero) is 1. The number of carboxylic acid groups (broad SMARTS) is 1. The molecule has 2 unspecified atom stereocenters. The standard InChI is InChI=1S/C10H10N2O3/c1-12-5-6(10(14)15)9(13)8-7(12)3-2-4-11-8/h2-5,7-8H,1H3,(H,14,15). The van der Waals surface area contributed by atoms with Crippen molar-refractivity contribution in [3.63, 3.8) is 0 Å². The van der Waals surface area contributed by atoms with Gasteiger partial charge in [-0.2, -0.15) is 0 Å². The van der Waals surface area contributed by atoms with Crippen LogP contribution < -0.4 is 0 Å². The molecular weight excluding hydrogens is 196 g/mol. The summed E-state index contributed by atoms with van der Waals surface area (Å²) in [5.74, 6) is -1.62. The molecule has 15 heavy (non-hydrogen) atoms. The van der Waals surface area contributed by atoms with Gasteiger partial charge in [0, 0.05) is 19.5 Å². The number of allylic oxidation sites excluding steroid dienone is 1. The van der Waals surface area contributed by atoms with E-state index in [0.717, 1.165) is 0 Å². The van der Waals surface area contributed by atoms with E-state index in [-0.39, 0.29) is 11.6 Å². The first-order chi connectivity index (χ1) is 7.11. The Kier molecular flexibility index (Phi) is 2.15. The van der Waals surface area contributed by atoms with Crippen LogP contribution in [0.3, 0.4) is 0 Å². The maximum Gasteiger partial charge on any atom is 0.340 e. The second-order valence-corrected chi connectivity index (χ2v) is 3.50.